The van der Waals surface area contributed by atoms with Crippen LogP contribution in [0.1, 0.15) is 32.1 Å². The molecule has 0 aromatic carbocycles. The molecule has 6 atom stereocenters. The molecule has 0 aromatic heterocycles. The normalized spacial score (nSPS) is 40.0. The van der Waals surface area contributed by atoms with Crippen molar-refractivity contribution in [1.29, 1.82) is 0 Å². The molecule has 3 aliphatic heterocycles. The van der Waals surface area contributed by atoms with Crippen molar-refractivity contribution >= 4 is 17.7 Å². The number of rotatable bonds is 6. The molecule has 3 saturated heterocycles. The number of nitrogens with zero attached hydrogens (tertiary/aromatic N) is 1. The SMILES string of the molecule is O=C1C2C(NCN1C[C@@H](O)COCC1CCCO1)SC1CCCC12. The number of hydrogen-bond acceptors (Lipinski definition) is 6. The van der Waals surface area contributed by atoms with Crippen LogP contribution in [0.5, 0.6) is 0 Å². The smallest absolute Gasteiger partial charge is 0.229 e. The summed E-state index contributed by atoms with van der Waals surface area (Å²) in [6, 6.07) is 0. The fourth-order valence-electron chi connectivity index (χ4n) is 4.58. The molecule has 6 nitrogen and oxygen atoms in total. The van der Waals surface area contributed by atoms with Crippen molar-refractivity contribution in [1.82, 2.24) is 10.2 Å². The van der Waals surface area contributed by atoms with Crippen molar-refractivity contribution in [3.63, 3.8) is 0 Å². The second kappa shape index (κ2) is 7.50. The van der Waals surface area contributed by atoms with Gasteiger partial charge in [-0.2, -0.15) is 0 Å². The van der Waals surface area contributed by atoms with Crippen molar-refractivity contribution in [3.8, 4) is 0 Å². The predicted molar refractivity (Wildman–Crippen MR) is 91.5 cm³/mol. The molecule has 24 heavy (non-hydrogen) atoms. The maximum Gasteiger partial charge on any atom is 0.229 e. The van der Waals surface area contributed by atoms with Crippen LogP contribution in [0.3, 0.4) is 0 Å². The molecular weight excluding hydrogens is 328 g/mol. The zero-order valence-electron chi connectivity index (χ0n) is 14.1. The van der Waals surface area contributed by atoms with E-state index in [0.29, 0.717) is 31.0 Å². The first-order valence-corrected chi connectivity index (χ1v) is 10.2. The monoisotopic (exact) mass is 356 g/mol. The Balaban J connectivity index is 1.24. The van der Waals surface area contributed by atoms with Gasteiger partial charge in [0.05, 0.1) is 49.9 Å². The molecule has 4 fully saturated rings. The number of nitrogens with one attached hydrogen (secondary N) is 1. The van der Waals surface area contributed by atoms with Crippen molar-refractivity contribution in [3.05, 3.63) is 0 Å². The van der Waals surface area contributed by atoms with Crippen LogP contribution in [0.25, 0.3) is 0 Å². The number of ether oxygens (including phenoxy) is 2. The van der Waals surface area contributed by atoms with Crippen LogP contribution in [0.4, 0.5) is 0 Å². The maximum absolute atomic E-state index is 12.9. The Hall–Kier alpha value is -0.340. The standard InChI is InChI=1S/C17H28N2O4S/c20-11(8-22-9-12-3-2-6-23-12)7-19-10-18-16-15(17(19)21)13-4-1-5-14(13)24-16/h11-16,18,20H,1-10H2/t11-,12?,13?,14?,15?,16?/m1/s1. The zero-order chi connectivity index (χ0) is 16.5. The summed E-state index contributed by atoms with van der Waals surface area (Å²) < 4.78 is 11.1. The molecule has 0 aromatic rings. The molecular formula is C17H28N2O4S. The number of fused-ring (bicyclic) bond motifs is 3. The molecule has 2 N–H and O–H groups in total. The van der Waals surface area contributed by atoms with Gasteiger partial charge in [-0.3, -0.25) is 10.1 Å². The van der Waals surface area contributed by atoms with E-state index < -0.39 is 6.10 Å². The van der Waals surface area contributed by atoms with Crippen LogP contribution in [0.2, 0.25) is 0 Å². The summed E-state index contributed by atoms with van der Waals surface area (Å²) >= 11 is 1.96. The number of thioether (sulfide) groups is 1. The van der Waals surface area contributed by atoms with Crippen LogP contribution >= 0.6 is 11.8 Å². The molecule has 0 bridgehead atoms. The lowest BCUT2D eigenvalue weighted by Gasteiger charge is -2.37. The second-order valence-electron chi connectivity index (χ2n) is 7.46. The number of carbonyl (C=O) groups excluding carboxylic acids is 1. The first-order valence-electron chi connectivity index (χ1n) is 9.27. The van der Waals surface area contributed by atoms with E-state index in [1.54, 1.807) is 4.90 Å². The number of carbonyl (C=O) groups is 1. The number of β-amino-alcohol motifs (C(OH)–C–C–N with tert-alkyl or cyclic N) is 1. The summed E-state index contributed by atoms with van der Waals surface area (Å²) in [5, 5.41) is 14.6. The molecule has 1 amide bonds. The number of amides is 1. The van der Waals surface area contributed by atoms with Crippen molar-refractivity contribution in [2.24, 2.45) is 11.8 Å². The molecule has 7 heteroatoms. The van der Waals surface area contributed by atoms with Gasteiger partial charge in [0.15, 0.2) is 0 Å². The van der Waals surface area contributed by atoms with Gasteiger partial charge in [0.1, 0.15) is 0 Å². The fraction of sp³-hybridized carbons (Fsp3) is 0.941. The number of hydrogen-bond donors (Lipinski definition) is 2. The van der Waals surface area contributed by atoms with E-state index >= 15 is 0 Å². The van der Waals surface area contributed by atoms with Gasteiger partial charge in [-0.1, -0.05) is 6.42 Å². The van der Waals surface area contributed by atoms with E-state index in [-0.39, 0.29) is 29.9 Å². The Morgan fingerprint density at radius 1 is 1.38 bits per heavy atom. The van der Waals surface area contributed by atoms with E-state index in [0.717, 1.165) is 19.4 Å². The van der Waals surface area contributed by atoms with Gasteiger partial charge in [-0.05, 0) is 31.6 Å². The summed E-state index contributed by atoms with van der Waals surface area (Å²) in [5.41, 5.74) is 0. The third kappa shape index (κ3) is 3.46. The van der Waals surface area contributed by atoms with Gasteiger partial charge in [-0.15, -0.1) is 11.8 Å². The molecule has 3 heterocycles. The lowest BCUT2D eigenvalue weighted by Crippen LogP contribution is -2.57. The van der Waals surface area contributed by atoms with Crippen molar-refractivity contribution < 1.29 is 19.4 Å². The lowest BCUT2D eigenvalue weighted by molar-refractivity contribution is -0.143. The van der Waals surface area contributed by atoms with Gasteiger partial charge < -0.3 is 19.5 Å². The highest BCUT2D eigenvalue weighted by Crippen LogP contribution is 2.51. The highest BCUT2D eigenvalue weighted by Gasteiger charge is 2.52. The molecule has 1 saturated carbocycles. The molecule has 136 valence electrons. The highest BCUT2D eigenvalue weighted by molar-refractivity contribution is 8.00. The minimum Gasteiger partial charge on any atom is -0.389 e. The zero-order valence-corrected chi connectivity index (χ0v) is 14.9. The Bertz CT molecular complexity index is 460. The highest BCUT2D eigenvalue weighted by atomic mass is 32.2. The number of aliphatic hydroxyl groups is 1. The van der Waals surface area contributed by atoms with Gasteiger partial charge in [0.2, 0.25) is 5.91 Å². The van der Waals surface area contributed by atoms with Gasteiger partial charge in [0, 0.05) is 11.9 Å². The van der Waals surface area contributed by atoms with Gasteiger partial charge in [0.25, 0.3) is 0 Å². The summed E-state index contributed by atoms with van der Waals surface area (Å²) in [4.78, 5) is 14.6. The average Bonchev–Trinajstić information content (AvgIpc) is 3.26. The molecule has 1 aliphatic carbocycles. The first-order chi connectivity index (χ1) is 11.7. The Morgan fingerprint density at radius 2 is 2.29 bits per heavy atom. The van der Waals surface area contributed by atoms with E-state index in [9.17, 15) is 9.90 Å². The van der Waals surface area contributed by atoms with E-state index in [2.05, 4.69) is 5.32 Å². The Labute approximate surface area is 147 Å². The van der Waals surface area contributed by atoms with E-state index in [1.165, 1.54) is 19.3 Å². The lowest BCUT2D eigenvalue weighted by atomic mass is 9.88. The molecule has 4 rings (SSSR count). The minimum absolute atomic E-state index is 0.0938. The van der Waals surface area contributed by atoms with Gasteiger partial charge >= 0.3 is 0 Å². The summed E-state index contributed by atoms with van der Waals surface area (Å²) in [5.74, 6) is 0.839. The Morgan fingerprint density at radius 3 is 3.12 bits per heavy atom. The Kier molecular flexibility index (Phi) is 5.34. The molecule has 0 spiro atoms. The van der Waals surface area contributed by atoms with Crippen molar-refractivity contribution in [2.75, 3.05) is 33.0 Å². The van der Waals surface area contributed by atoms with Crippen LogP contribution in [0.15, 0.2) is 0 Å². The second-order valence-corrected chi connectivity index (χ2v) is 8.85. The quantitative estimate of drug-likeness (QED) is 0.733. The van der Waals surface area contributed by atoms with Crippen LogP contribution in [-0.4, -0.2) is 71.8 Å². The largest absolute Gasteiger partial charge is 0.389 e. The molecule has 4 aliphatic rings. The molecule has 0 radical (unpaired) electrons. The van der Waals surface area contributed by atoms with Gasteiger partial charge in [-0.25, -0.2) is 0 Å². The van der Waals surface area contributed by atoms with Crippen LogP contribution in [-0.2, 0) is 14.3 Å². The third-order valence-electron chi connectivity index (χ3n) is 5.76. The van der Waals surface area contributed by atoms with Crippen molar-refractivity contribution in [2.45, 2.75) is 54.9 Å². The maximum atomic E-state index is 12.9. The molecule has 5 unspecified atom stereocenters. The van der Waals surface area contributed by atoms with E-state index in [4.69, 9.17) is 9.47 Å². The van der Waals surface area contributed by atoms with Crippen LogP contribution in [0, 0.1) is 11.8 Å². The fourth-order valence-corrected chi connectivity index (χ4v) is 6.43. The predicted octanol–water partition coefficient (Wildman–Crippen LogP) is 0.790. The van der Waals surface area contributed by atoms with Crippen LogP contribution < -0.4 is 5.32 Å². The van der Waals surface area contributed by atoms with E-state index in [1.807, 2.05) is 11.8 Å². The summed E-state index contributed by atoms with van der Waals surface area (Å²) in [7, 11) is 0. The summed E-state index contributed by atoms with van der Waals surface area (Å²) in [6.45, 7) is 2.50. The third-order valence-corrected chi connectivity index (χ3v) is 7.45. The summed E-state index contributed by atoms with van der Waals surface area (Å²) in [6.07, 6.45) is 5.33. The topological polar surface area (TPSA) is 71.0 Å². The number of aliphatic hydroxyl groups excluding tert-OH is 1. The first kappa shape index (κ1) is 17.1. The minimum atomic E-state index is -0.637. The average molecular weight is 356 g/mol.